The minimum atomic E-state index is -0.527. The zero-order chi connectivity index (χ0) is 19.5. The van der Waals surface area contributed by atoms with Crippen molar-refractivity contribution >= 4 is 23.5 Å². The number of methoxy groups -OCH3 is 1. The summed E-state index contributed by atoms with van der Waals surface area (Å²) < 4.78 is 5.11. The number of nitrogens with one attached hydrogen (secondary N) is 3. The Hall–Kier alpha value is -2.61. The summed E-state index contributed by atoms with van der Waals surface area (Å²) in [4.78, 5) is 37.4. The van der Waals surface area contributed by atoms with E-state index in [0.29, 0.717) is 18.0 Å². The normalized spacial score (nSPS) is 11.6. The SMILES string of the molecule is CC[C@H](C)NC(=O)NC(=O)CN(CC)CC(=O)Nc1cccc(OC)c1. The second kappa shape index (κ2) is 11.1. The Balaban J connectivity index is 2.48. The zero-order valence-corrected chi connectivity index (χ0v) is 15.8. The van der Waals surface area contributed by atoms with Gasteiger partial charge in [0, 0.05) is 17.8 Å². The van der Waals surface area contributed by atoms with Gasteiger partial charge in [-0.05, 0) is 32.0 Å². The molecule has 26 heavy (non-hydrogen) atoms. The fraction of sp³-hybridized carbons (Fsp3) is 0.500. The highest BCUT2D eigenvalue weighted by molar-refractivity contribution is 5.96. The second-order valence-corrected chi connectivity index (χ2v) is 5.91. The van der Waals surface area contributed by atoms with Crippen molar-refractivity contribution in [3.63, 3.8) is 0 Å². The number of anilines is 1. The number of hydrogen-bond acceptors (Lipinski definition) is 5. The number of hydrogen-bond donors (Lipinski definition) is 3. The Bertz CT molecular complexity index is 621. The summed E-state index contributed by atoms with van der Waals surface area (Å²) >= 11 is 0. The molecule has 144 valence electrons. The van der Waals surface area contributed by atoms with Crippen LogP contribution in [0.4, 0.5) is 10.5 Å². The standard InChI is InChI=1S/C18H28N4O4/c1-5-13(3)19-18(25)21-17(24)12-22(6-2)11-16(23)20-14-8-7-9-15(10-14)26-4/h7-10,13H,5-6,11-12H2,1-4H3,(H,20,23)(H2,19,21,24,25)/t13-/m0/s1. The number of benzene rings is 1. The molecule has 1 aromatic rings. The molecule has 0 spiro atoms. The van der Waals surface area contributed by atoms with Gasteiger partial charge in [-0.1, -0.05) is 19.9 Å². The summed E-state index contributed by atoms with van der Waals surface area (Å²) in [5.41, 5.74) is 0.614. The lowest BCUT2D eigenvalue weighted by Gasteiger charge is -2.19. The van der Waals surface area contributed by atoms with E-state index in [4.69, 9.17) is 4.74 Å². The Labute approximate surface area is 154 Å². The maximum absolute atomic E-state index is 12.2. The summed E-state index contributed by atoms with van der Waals surface area (Å²) in [5.74, 6) is -0.0689. The number of nitrogens with zero attached hydrogens (tertiary/aromatic N) is 1. The Morgan fingerprint density at radius 1 is 1.15 bits per heavy atom. The van der Waals surface area contributed by atoms with Crippen molar-refractivity contribution in [1.29, 1.82) is 0 Å². The van der Waals surface area contributed by atoms with Gasteiger partial charge in [-0.15, -0.1) is 0 Å². The van der Waals surface area contributed by atoms with E-state index in [-0.39, 0.29) is 25.0 Å². The van der Waals surface area contributed by atoms with Gasteiger partial charge in [0.2, 0.25) is 11.8 Å². The van der Waals surface area contributed by atoms with E-state index in [1.54, 1.807) is 36.3 Å². The van der Waals surface area contributed by atoms with Crippen LogP contribution >= 0.6 is 0 Å². The molecule has 1 rings (SSSR count). The van der Waals surface area contributed by atoms with Gasteiger partial charge in [-0.2, -0.15) is 0 Å². The number of ether oxygens (including phenoxy) is 1. The summed E-state index contributed by atoms with van der Waals surface area (Å²) in [7, 11) is 1.55. The van der Waals surface area contributed by atoms with Crippen LogP contribution in [0.2, 0.25) is 0 Å². The van der Waals surface area contributed by atoms with Crippen LogP contribution in [-0.4, -0.2) is 55.5 Å². The van der Waals surface area contributed by atoms with E-state index in [9.17, 15) is 14.4 Å². The number of urea groups is 1. The van der Waals surface area contributed by atoms with Crippen molar-refractivity contribution in [3.8, 4) is 5.75 Å². The van der Waals surface area contributed by atoms with Crippen LogP contribution in [0.3, 0.4) is 0 Å². The van der Waals surface area contributed by atoms with Gasteiger partial charge in [0.1, 0.15) is 5.75 Å². The molecule has 3 N–H and O–H groups in total. The lowest BCUT2D eigenvalue weighted by atomic mass is 10.3. The largest absolute Gasteiger partial charge is 0.497 e. The van der Waals surface area contributed by atoms with Crippen LogP contribution in [0.25, 0.3) is 0 Å². The molecular formula is C18H28N4O4. The summed E-state index contributed by atoms with van der Waals surface area (Å²) in [5, 5.41) is 7.68. The Kier molecular flexibility index (Phi) is 9.14. The molecule has 1 atom stereocenters. The van der Waals surface area contributed by atoms with Crippen LogP contribution in [0.15, 0.2) is 24.3 Å². The minimum absolute atomic E-state index is 0.0151. The van der Waals surface area contributed by atoms with E-state index in [0.717, 1.165) is 6.42 Å². The summed E-state index contributed by atoms with van der Waals surface area (Å²) in [6.07, 6.45) is 0.771. The average Bonchev–Trinajstić information content (AvgIpc) is 2.60. The van der Waals surface area contributed by atoms with Crippen molar-refractivity contribution in [2.75, 3.05) is 32.1 Å². The lowest BCUT2D eigenvalue weighted by Crippen LogP contribution is -2.47. The molecule has 8 heteroatoms. The maximum atomic E-state index is 12.2. The molecule has 0 fully saturated rings. The first-order valence-electron chi connectivity index (χ1n) is 8.64. The number of amides is 4. The molecule has 0 saturated heterocycles. The van der Waals surface area contributed by atoms with Crippen molar-refractivity contribution in [3.05, 3.63) is 24.3 Å². The molecule has 8 nitrogen and oxygen atoms in total. The smallest absolute Gasteiger partial charge is 0.321 e. The average molecular weight is 364 g/mol. The molecule has 0 heterocycles. The third-order valence-electron chi connectivity index (χ3n) is 3.78. The predicted octanol–water partition coefficient (Wildman–Crippen LogP) is 1.58. The molecule has 0 aliphatic heterocycles. The van der Waals surface area contributed by atoms with E-state index < -0.39 is 11.9 Å². The molecule has 1 aromatic carbocycles. The molecule has 0 aliphatic rings. The first-order valence-corrected chi connectivity index (χ1v) is 8.64. The number of imide groups is 1. The van der Waals surface area contributed by atoms with Gasteiger partial charge in [0.15, 0.2) is 0 Å². The van der Waals surface area contributed by atoms with E-state index in [2.05, 4.69) is 16.0 Å². The molecule has 0 saturated carbocycles. The van der Waals surface area contributed by atoms with Gasteiger partial charge in [0.05, 0.1) is 20.2 Å². The molecule has 0 aliphatic carbocycles. The van der Waals surface area contributed by atoms with E-state index >= 15 is 0 Å². The highest BCUT2D eigenvalue weighted by Crippen LogP contribution is 2.16. The highest BCUT2D eigenvalue weighted by Gasteiger charge is 2.16. The quantitative estimate of drug-likeness (QED) is 0.618. The molecule has 0 bridgehead atoms. The minimum Gasteiger partial charge on any atom is -0.497 e. The topological polar surface area (TPSA) is 99.8 Å². The third-order valence-corrected chi connectivity index (χ3v) is 3.78. The maximum Gasteiger partial charge on any atom is 0.321 e. The lowest BCUT2D eigenvalue weighted by molar-refractivity contribution is -0.122. The van der Waals surface area contributed by atoms with Crippen molar-refractivity contribution in [2.45, 2.75) is 33.2 Å². The van der Waals surface area contributed by atoms with Gasteiger partial charge >= 0.3 is 6.03 Å². The zero-order valence-electron chi connectivity index (χ0n) is 15.8. The summed E-state index contributed by atoms with van der Waals surface area (Å²) in [6.45, 7) is 6.11. The van der Waals surface area contributed by atoms with Crippen molar-refractivity contribution in [2.24, 2.45) is 0 Å². The first kappa shape index (κ1) is 21.4. The highest BCUT2D eigenvalue weighted by atomic mass is 16.5. The van der Waals surface area contributed by atoms with Crippen LogP contribution in [-0.2, 0) is 9.59 Å². The van der Waals surface area contributed by atoms with Crippen LogP contribution < -0.4 is 20.7 Å². The first-order chi connectivity index (χ1) is 12.4. The molecule has 4 amide bonds. The fourth-order valence-electron chi connectivity index (χ4n) is 2.12. The van der Waals surface area contributed by atoms with Crippen LogP contribution in [0.1, 0.15) is 27.2 Å². The van der Waals surface area contributed by atoms with Gasteiger partial charge in [-0.3, -0.25) is 19.8 Å². The predicted molar refractivity (Wildman–Crippen MR) is 100 cm³/mol. The third kappa shape index (κ3) is 7.98. The van der Waals surface area contributed by atoms with Crippen molar-refractivity contribution < 1.29 is 19.1 Å². The van der Waals surface area contributed by atoms with E-state index in [1.165, 1.54) is 0 Å². The van der Waals surface area contributed by atoms with Crippen LogP contribution in [0.5, 0.6) is 5.75 Å². The number of carbonyl (C=O) groups excluding carboxylic acids is 3. The molecular weight excluding hydrogens is 336 g/mol. The Morgan fingerprint density at radius 2 is 1.85 bits per heavy atom. The Morgan fingerprint density at radius 3 is 2.46 bits per heavy atom. The van der Waals surface area contributed by atoms with Crippen molar-refractivity contribution in [1.82, 2.24) is 15.5 Å². The van der Waals surface area contributed by atoms with Gasteiger partial charge in [-0.25, -0.2) is 4.79 Å². The monoisotopic (exact) mass is 364 g/mol. The second-order valence-electron chi connectivity index (χ2n) is 5.91. The number of carbonyl (C=O) groups is 3. The van der Waals surface area contributed by atoms with Crippen LogP contribution in [0, 0.1) is 0 Å². The fourth-order valence-corrected chi connectivity index (χ4v) is 2.12. The van der Waals surface area contributed by atoms with E-state index in [1.807, 2.05) is 20.8 Å². The van der Waals surface area contributed by atoms with Gasteiger partial charge < -0.3 is 15.4 Å². The summed E-state index contributed by atoms with van der Waals surface area (Å²) in [6, 6.07) is 6.47. The molecule has 0 radical (unpaired) electrons. The molecule has 0 aromatic heterocycles. The molecule has 0 unspecified atom stereocenters. The number of rotatable bonds is 9. The number of likely N-dealkylation sites (N-methyl/N-ethyl adjacent to an activating group) is 1. The van der Waals surface area contributed by atoms with Gasteiger partial charge in [0.25, 0.3) is 0 Å².